The van der Waals surface area contributed by atoms with Crippen molar-refractivity contribution in [2.75, 3.05) is 31.2 Å². The van der Waals surface area contributed by atoms with Gasteiger partial charge in [-0.3, -0.25) is 4.57 Å². The minimum Gasteiger partial charge on any atom is -0.408 e. The lowest BCUT2D eigenvalue weighted by Gasteiger charge is -2.35. The number of aryl methyl sites for hydroxylation is 1. The Balaban J connectivity index is 1.65. The number of sulfonamides is 1. The van der Waals surface area contributed by atoms with Gasteiger partial charge in [-0.1, -0.05) is 0 Å². The fourth-order valence-corrected chi connectivity index (χ4v) is 4.64. The summed E-state index contributed by atoms with van der Waals surface area (Å²) in [5, 5.41) is 2.81. The number of carbonyl (C=O) groups excluding carboxylic acids is 1. The summed E-state index contributed by atoms with van der Waals surface area (Å²) < 4.78 is 32.2. The van der Waals surface area contributed by atoms with Crippen molar-refractivity contribution in [1.29, 1.82) is 0 Å². The molecule has 2 heterocycles. The number of fused-ring (bicyclic) bond motifs is 1. The molecule has 0 aliphatic carbocycles. The lowest BCUT2D eigenvalue weighted by atomic mass is 10.1. The summed E-state index contributed by atoms with van der Waals surface area (Å²) in [5.41, 5.74) is 1.64. The van der Waals surface area contributed by atoms with Gasteiger partial charge in [0.2, 0.25) is 10.0 Å². The molecule has 1 saturated heterocycles. The van der Waals surface area contributed by atoms with Gasteiger partial charge in [-0.15, -0.1) is 0 Å². The van der Waals surface area contributed by atoms with E-state index in [1.54, 1.807) is 37.1 Å². The van der Waals surface area contributed by atoms with Gasteiger partial charge in [0.25, 0.3) is 0 Å². The van der Waals surface area contributed by atoms with Gasteiger partial charge in [0, 0.05) is 44.5 Å². The standard InChI is InChI=1S/C18H26N4O5S/c1-4-22-15-7-6-13(12-16(15)27-18(22)24)19-17(23)20(3)14-8-10-21(11-9-14)28(25,26)5-2/h6-7,12,14H,4-5,8-11H2,1-3H3,(H,19,23). The number of piperidine rings is 1. The van der Waals surface area contributed by atoms with Gasteiger partial charge < -0.3 is 14.6 Å². The van der Waals surface area contributed by atoms with Crippen molar-refractivity contribution < 1.29 is 17.6 Å². The molecule has 9 nitrogen and oxygen atoms in total. The Labute approximate surface area is 163 Å². The number of rotatable bonds is 5. The zero-order valence-corrected chi connectivity index (χ0v) is 17.2. The summed E-state index contributed by atoms with van der Waals surface area (Å²) in [6.07, 6.45) is 1.19. The molecule has 0 unspecified atom stereocenters. The van der Waals surface area contributed by atoms with Gasteiger partial charge in [-0.25, -0.2) is 22.3 Å². The summed E-state index contributed by atoms with van der Waals surface area (Å²) >= 11 is 0. The highest BCUT2D eigenvalue weighted by molar-refractivity contribution is 7.89. The lowest BCUT2D eigenvalue weighted by molar-refractivity contribution is 0.174. The Morgan fingerprint density at radius 1 is 1.29 bits per heavy atom. The normalized spacial score (nSPS) is 16.4. The van der Waals surface area contributed by atoms with Crippen molar-refractivity contribution in [3.8, 4) is 0 Å². The largest absolute Gasteiger partial charge is 0.419 e. The van der Waals surface area contributed by atoms with Crippen molar-refractivity contribution in [2.45, 2.75) is 39.3 Å². The number of amides is 2. The molecule has 1 aromatic heterocycles. The highest BCUT2D eigenvalue weighted by Gasteiger charge is 2.30. The molecule has 1 aliphatic rings. The second-order valence-corrected chi connectivity index (χ2v) is 9.12. The van der Waals surface area contributed by atoms with Crippen LogP contribution in [0.3, 0.4) is 0 Å². The maximum atomic E-state index is 12.6. The molecular formula is C18H26N4O5S. The second kappa shape index (κ2) is 7.96. The Bertz CT molecular complexity index is 1020. The third kappa shape index (κ3) is 3.93. The Morgan fingerprint density at radius 2 is 1.96 bits per heavy atom. The molecule has 0 bridgehead atoms. The molecule has 1 fully saturated rings. The van der Waals surface area contributed by atoms with Gasteiger partial charge in [-0.2, -0.15) is 0 Å². The van der Waals surface area contributed by atoms with Crippen LogP contribution in [-0.2, 0) is 16.6 Å². The number of aromatic nitrogens is 1. The van der Waals surface area contributed by atoms with Crippen molar-refractivity contribution in [3.63, 3.8) is 0 Å². The van der Waals surface area contributed by atoms with Crippen LogP contribution in [0, 0.1) is 0 Å². The fourth-order valence-electron chi connectivity index (χ4n) is 3.51. The number of urea groups is 1. The summed E-state index contributed by atoms with van der Waals surface area (Å²) in [4.78, 5) is 26.0. The molecule has 0 atom stereocenters. The van der Waals surface area contributed by atoms with E-state index in [2.05, 4.69) is 5.32 Å². The van der Waals surface area contributed by atoms with Crippen LogP contribution >= 0.6 is 0 Å². The minimum atomic E-state index is -3.19. The highest BCUT2D eigenvalue weighted by Crippen LogP contribution is 2.21. The number of anilines is 1. The molecule has 1 N–H and O–H groups in total. The lowest BCUT2D eigenvalue weighted by Crippen LogP contribution is -2.48. The average molecular weight is 410 g/mol. The smallest absolute Gasteiger partial charge is 0.408 e. The maximum absolute atomic E-state index is 12.6. The van der Waals surface area contributed by atoms with E-state index >= 15 is 0 Å². The van der Waals surface area contributed by atoms with E-state index in [1.165, 1.54) is 8.87 Å². The molecule has 28 heavy (non-hydrogen) atoms. The number of nitrogens with one attached hydrogen (secondary N) is 1. The number of oxazole rings is 1. The molecule has 10 heteroatoms. The number of hydrogen-bond acceptors (Lipinski definition) is 5. The second-order valence-electron chi connectivity index (χ2n) is 6.87. The van der Waals surface area contributed by atoms with Crippen molar-refractivity contribution >= 4 is 32.8 Å². The van der Waals surface area contributed by atoms with E-state index in [9.17, 15) is 18.0 Å². The SMILES string of the molecule is CCn1c(=O)oc2cc(NC(=O)N(C)C3CCN(S(=O)(=O)CC)CC3)ccc21. The summed E-state index contributed by atoms with van der Waals surface area (Å²) in [6.45, 7) is 4.83. The van der Waals surface area contributed by atoms with E-state index in [0.29, 0.717) is 49.3 Å². The first-order chi connectivity index (χ1) is 13.3. The van der Waals surface area contributed by atoms with Crippen LogP contribution in [0.4, 0.5) is 10.5 Å². The molecule has 1 aliphatic heterocycles. The van der Waals surface area contributed by atoms with Gasteiger partial charge >= 0.3 is 11.8 Å². The highest BCUT2D eigenvalue weighted by atomic mass is 32.2. The van der Waals surface area contributed by atoms with Gasteiger partial charge in [-0.05, 0) is 38.8 Å². The monoisotopic (exact) mass is 410 g/mol. The molecule has 0 spiro atoms. The first-order valence-electron chi connectivity index (χ1n) is 9.41. The minimum absolute atomic E-state index is 0.0360. The Kier molecular flexibility index (Phi) is 5.80. The third-order valence-electron chi connectivity index (χ3n) is 5.29. The molecule has 2 aromatic rings. The van der Waals surface area contributed by atoms with Crippen LogP contribution in [-0.4, -0.2) is 60.2 Å². The fraction of sp³-hybridized carbons (Fsp3) is 0.556. The molecule has 2 amide bonds. The van der Waals surface area contributed by atoms with Crippen LogP contribution in [0.15, 0.2) is 27.4 Å². The van der Waals surface area contributed by atoms with Gasteiger partial charge in [0.05, 0.1) is 11.3 Å². The third-order valence-corrected chi connectivity index (χ3v) is 7.17. The topological polar surface area (TPSA) is 105 Å². The van der Waals surface area contributed by atoms with E-state index in [-0.39, 0.29) is 17.8 Å². The zero-order valence-electron chi connectivity index (χ0n) is 16.3. The number of carbonyl (C=O) groups is 1. The first-order valence-corrected chi connectivity index (χ1v) is 11.0. The maximum Gasteiger partial charge on any atom is 0.419 e. The average Bonchev–Trinajstić information content (AvgIpc) is 3.01. The van der Waals surface area contributed by atoms with Crippen LogP contribution in [0.5, 0.6) is 0 Å². The number of hydrogen-bond donors (Lipinski definition) is 1. The van der Waals surface area contributed by atoms with Crippen molar-refractivity contribution in [2.24, 2.45) is 0 Å². The van der Waals surface area contributed by atoms with E-state index in [1.807, 2.05) is 6.92 Å². The molecular weight excluding hydrogens is 384 g/mol. The van der Waals surface area contributed by atoms with Crippen LogP contribution in [0.1, 0.15) is 26.7 Å². The Morgan fingerprint density at radius 3 is 2.57 bits per heavy atom. The molecule has 154 valence electrons. The quantitative estimate of drug-likeness (QED) is 0.810. The summed E-state index contributed by atoms with van der Waals surface area (Å²) in [6, 6.07) is 4.78. The first kappa shape index (κ1) is 20.4. The van der Waals surface area contributed by atoms with E-state index in [0.717, 1.165) is 0 Å². The number of nitrogens with zero attached hydrogens (tertiary/aromatic N) is 3. The predicted octanol–water partition coefficient (Wildman–Crippen LogP) is 1.89. The van der Waals surface area contributed by atoms with E-state index < -0.39 is 15.8 Å². The zero-order chi connectivity index (χ0) is 20.5. The van der Waals surface area contributed by atoms with E-state index in [4.69, 9.17) is 4.42 Å². The van der Waals surface area contributed by atoms with Crippen molar-refractivity contribution in [3.05, 3.63) is 28.7 Å². The Hall–Kier alpha value is -2.33. The van der Waals surface area contributed by atoms with Crippen LogP contribution in [0.25, 0.3) is 11.1 Å². The van der Waals surface area contributed by atoms with Crippen LogP contribution < -0.4 is 11.1 Å². The molecule has 3 rings (SSSR count). The summed E-state index contributed by atoms with van der Waals surface area (Å²) in [5.74, 6) is -0.335. The predicted molar refractivity (Wildman–Crippen MR) is 107 cm³/mol. The molecule has 1 aromatic carbocycles. The van der Waals surface area contributed by atoms with Crippen LogP contribution in [0.2, 0.25) is 0 Å². The van der Waals surface area contributed by atoms with Gasteiger partial charge in [0.15, 0.2) is 5.58 Å². The molecule has 0 saturated carbocycles. The summed E-state index contributed by atoms with van der Waals surface area (Å²) in [7, 11) is -1.48. The molecule has 0 radical (unpaired) electrons. The van der Waals surface area contributed by atoms with Gasteiger partial charge in [0.1, 0.15) is 0 Å². The number of benzene rings is 1. The van der Waals surface area contributed by atoms with Crippen molar-refractivity contribution in [1.82, 2.24) is 13.8 Å².